The molecule has 0 saturated heterocycles. The molecule has 0 aliphatic heterocycles. The first kappa shape index (κ1) is 21.1. The zero-order valence-electron chi connectivity index (χ0n) is 18.1. The van der Waals surface area contributed by atoms with Gasteiger partial charge in [-0.1, -0.05) is 44.4 Å². The number of esters is 2. The Bertz CT molecular complexity index is 693. The SMILES string of the molecule is C=C[C@]1(C)CCC2=C(CC[C@H]3[C@](C)(COC(=O)CC(=O)OC)CCC[C@@]23C)C1. The Morgan fingerprint density at radius 3 is 2.57 bits per heavy atom. The lowest BCUT2D eigenvalue weighted by molar-refractivity contribution is -0.158. The summed E-state index contributed by atoms with van der Waals surface area (Å²) < 4.78 is 10.1. The molecule has 3 aliphatic carbocycles. The molecule has 1 saturated carbocycles. The smallest absolute Gasteiger partial charge is 0.317 e. The normalized spacial score (nSPS) is 37.5. The molecule has 1 fully saturated rings. The summed E-state index contributed by atoms with van der Waals surface area (Å²) in [6.07, 6.45) is 11.1. The molecule has 0 spiro atoms. The molecule has 4 nitrogen and oxygen atoms in total. The van der Waals surface area contributed by atoms with E-state index in [0.29, 0.717) is 12.5 Å². The van der Waals surface area contributed by atoms with Crippen LogP contribution in [0.15, 0.2) is 23.8 Å². The van der Waals surface area contributed by atoms with Gasteiger partial charge in [0.2, 0.25) is 0 Å². The fourth-order valence-electron chi connectivity index (χ4n) is 6.36. The monoisotopic (exact) mass is 388 g/mol. The highest BCUT2D eigenvalue weighted by atomic mass is 16.5. The highest BCUT2D eigenvalue weighted by Crippen LogP contribution is 2.63. The molecule has 4 heteroatoms. The van der Waals surface area contributed by atoms with E-state index in [0.717, 1.165) is 32.1 Å². The van der Waals surface area contributed by atoms with Gasteiger partial charge in [-0.05, 0) is 61.7 Å². The Labute approximate surface area is 169 Å². The van der Waals surface area contributed by atoms with Crippen LogP contribution in [-0.4, -0.2) is 25.7 Å². The Balaban J connectivity index is 1.77. The highest BCUT2D eigenvalue weighted by molar-refractivity contribution is 5.91. The van der Waals surface area contributed by atoms with Crippen molar-refractivity contribution in [3.8, 4) is 0 Å². The molecule has 4 atom stereocenters. The fraction of sp³-hybridized carbons (Fsp3) is 0.750. The third kappa shape index (κ3) is 3.79. The predicted octanol–water partition coefficient (Wildman–Crippen LogP) is 5.37. The van der Waals surface area contributed by atoms with E-state index >= 15 is 0 Å². The van der Waals surface area contributed by atoms with Gasteiger partial charge in [-0.3, -0.25) is 9.59 Å². The van der Waals surface area contributed by atoms with Crippen LogP contribution in [0.25, 0.3) is 0 Å². The first-order valence-corrected chi connectivity index (χ1v) is 10.7. The summed E-state index contributed by atoms with van der Waals surface area (Å²) in [5.74, 6) is -0.495. The van der Waals surface area contributed by atoms with E-state index in [-0.39, 0.29) is 22.7 Å². The van der Waals surface area contributed by atoms with Crippen LogP contribution >= 0.6 is 0 Å². The maximum atomic E-state index is 12.0. The summed E-state index contributed by atoms with van der Waals surface area (Å²) in [5.41, 5.74) is 3.77. The molecular formula is C24H36O4. The van der Waals surface area contributed by atoms with Crippen molar-refractivity contribution in [2.75, 3.05) is 13.7 Å². The largest absolute Gasteiger partial charge is 0.469 e. The van der Waals surface area contributed by atoms with Crippen LogP contribution in [0.3, 0.4) is 0 Å². The number of allylic oxidation sites excluding steroid dienone is 3. The molecule has 3 aliphatic rings. The minimum absolute atomic E-state index is 0.0313. The van der Waals surface area contributed by atoms with Crippen LogP contribution in [0, 0.1) is 22.2 Å². The van der Waals surface area contributed by atoms with Crippen molar-refractivity contribution in [3.63, 3.8) is 0 Å². The van der Waals surface area contributed by atoms with E-state index in [2.05, 4.69) is 38.2 Å². The molecule has 0 heterocycles. The third-order valence-electron chi connectivity index (χ3n) is 8.04. The predicted molar refractivity (Wildman–Crippen MR) is 110 cm³/mol. The van der Waals surface area contributed by atoms with Gasteiger partial charge in [-0.15, -0.1) is 6.58 Å². The van der Waals surface area contributed by atoms with Gasteiger partial charge in [0.1, 0.15) is 6.42 Å². The summed E-state index contributed by atoms with van der Waals surface area (Å²) in [6.45, 7) is 11.6. The quantitative estimate of drug-likeness (QED) is 0.361. The average Bonchev–Trinajstić information content (AvgIpc) is 2.66. The lowest BCUT2D eigenvalue weighted by atomic mass is 9.47. The highest BCUT2D eigenvalue weighted by Gasteiger charge is 2.53. The van der Waals surface area contributed by atoms with Crippen LogP contribution in [0.1, 0.15) is 78.6 Å². The summed E-state index contributed by atoms with van der Waals surface area (Å²) >= 11 is 0. The maximum absolute atomic E-state index is 12.0. The van der Waals surface area contributed by atoms with Crippen molar-refractivity contribution in [2.24, 2.45) is 22.2 Å². The molecular weight excluding hydrogens is 352 g/mol. The number of fused-ring (bicyclic) bond motifs is 2. The van der Waals surface area contributed by atoms with Crippen molar-refractivity contribution in [3.05, 3.63) is 23.8 Å². The van der Waals surface area contributed by atoms with Gasteiger partial charge in [-0.2, -0.15) is 0 Å². The number of methoxy groups -OCH3 is 1. The average molecular weight is 389 g/mol. The number of carbonyl (C=O) groups excluding carboxylic acids is 2. The van der Waals surface area contributed by atoms with Crippen LogP contribution in [0.5, 0.6) is 0 Å². The summed E-state index contributed by atoms with van der Waals surface area (Å²) in [5, 5.41) is 0. The Kier molecular flexibility index (Phi) is 5.80. The van der Waals surface area contributed by atoms with Gasteiger partial charge in [0.05, 0.1) is 13.7 Å². The summed E-state index contributed by atoms with van der Waals surface area (Å²) in [4.78, 5) is 23.4. The third-order valence-corrected chi connectivity index (χ3v) is 8.04. The second-order valence-corrected chi connectivity index (χ2v) is 10.0. The van der Waals surface area contributed by atoms with Gasteiger partial charge in [0.15, 0.2) is 0 Å². The molecule has 0 aromatic carbocycles. The molecule has 156 valence electrons. The first-order chi connectivity index (χ1) is 13.2. The van der Waals surface area contributed by atoms with Crippen LogP contribution in [0.4, 0.5) is 0 Å². The van der Waals surface area contributed by atoms with Crippen molar-refractivity contribution in [2.45, 2.75) is 78.6 Å². The topological polar surface area (TPSA) is 52.6 Å². The lowest BCUT2D eigenvalue weighted by Crippen LogP contribution is -2.50. The number of carbonyl (C=O) groups is 2. The van der Waals surface area contributed by atoms with E-state index in [1.807, 2.05) is 0 Å². The summed E-state index contributed by atoms with van der Waals surface area (Å²) in [7, 11) is 1.29. The number of hydrogen-bond acceptors (Lipinski definition) is 4. The van der Waals surface area contributed by atoms with Gasteiger partial charge in [0.25, 0.3) is 0 Å². The molecule has 0 aromatic rings. The fourth-order valence-corrected chi connectivity index (χ4v) is 6.36. The zero-order chi connectivity index (χ0) is 20.6. The first-order valence-electron chi connectivity index (χ1n) is 10.7. The van der Waals surface area contributed by atoms with Gasteiger partial charge >= 0.3 is 11.9 Å². The Morgan fingerprint density at radius 2 is 1.89 bits per heavy atom. The van der Waals surface area contributed by atoms with Gasteiger partial charge < -0.3 is 9.47 Å². The van der Waals surface area contributed by atoms with Crippen molar-refractivity contribution < 1.29 is 19.1 Å². The van der Waals surface area contributed by atoms with Gasteiger partial charge in [0, 0.05) is 5.41 Å². The number of hydrogen-bond donors (Lipinski definition) is 0. The lowest BCUT2D eigenvalue weighted by Gasteiger charge is -2.57. The van der Waals surface area contributed by atoms with Crippen LogP contribution < -0.4 is 0 Å². The van der Waals surface area contributed by atoms with Crippen molar-refractivity contribution in [1.82, 2.24) is 0 Å². The number of ether oxygens (including phenoxy) is 2. The zero-order valence-corrected chi connectivity index (χ0v) is 18.1. The Hall–Kier alpha value is -1.58. The molecule has 0 bridgehead atoms. The molecule has 0 aromatic heterocycles. The van der Waals surface area contributed by atoms with Crippen LogP contribution in [0.2, 0.25) is 0 Å². The second-order valence-electron chi connectivity index (χ2n) is 10.0. The molecule has 0 unspecified atom stereocenters. The van der Waals surface area contributed by atoms with E-state index in [4.69, 9.17) is 4.74 Å². The van der Waals surface area contributed by atoms with E-state index in [1.54, 1.807) is 11.1 Å². The van der Waals surface area contributed by atoms with Gasteiger partial charge in [-0.25, -0.2) is 0 Å². The Morgan fingerprint density at radius 1 is 1.14 bits per heavy atom. The molecule has 0 N–H and O–H groups in total. The van der Waals surface area contributed by atoms with E-state index in [1.165, 1.54) is 26.4 Å². The van der Waals surface area contributed by atoms with Crippen molar-refractivity contribution in [1.29, 1.82) is 0 Å². The second kappa shape index (κ2) is 7.68. The van der Waals surface area contributed by atoms with E-state index < -0.39 is 11.9 Å². The molecule has 0 radical (unpaired) electrons. The summed E-state index contributed by atoms with van der Waals surface area (Å²) in [6, 6.07) is 0. The maximum Gasteiger partial charge on any atom is 0.317 e. The minimum Gasteiger partial charge on any atom is -0.469 e. The minimum atomic E-state index is -0.538. The molecule has 3 rings (SSSR count). The van der Waals surface area contributed by atoms with E-state index in [9.17, 15) is 9.59 Å². The standard InChI is InChI=1S/C24H36O4/c1-6-22(2)13-10-18-17(15-22)8-9-19-23(3,11-7-12-24(18,19)4)16-28-21(26)14-20(25)27-5/h6,19H,1,7-16H2,2-5H3/t19-,22+,23-,24-/m0/s1. The number of rotatable bonds is 5. The van der Waals surface area contributed by atoms with Crippen LogP contribution in [-0.2, 0) is 19.1 Å². The molecule has 0 amide bonds. The van der Waals surface area contributed by atoms with Crippen molar-refractivity contribution >= 4 is 11.9 Å². The molecule has 28 heavy (non-hydrogen) atoms.